The van der Waals surface area contributed by atoms with Gasteiger partial charge in [-0.25, -0.2) is 19.0 Å². The molecule has 27 nitrogen and oxygen atoms in total. The molecule has 0 bridgehead atoms. The summed E-state index contributed by atoms with van der Waals surface area (Å²) in [7, 11) is 0. The predicted octanol–water partition coefficient (Wildman–Crippen LogP) is -4.82. The topological polar surface area (TPSA) is 443 Å². The smallest absolute Gasteiger partial charge is 0.870 e. The van der Waals surface area contributed by atoms with Crippen molar-refractivity contribution in [1.82, 2.24) is 60.4 Å². The number of Topliss-reactive ketones (excluding diaryl/α,β-unsaturated/α-hetero) is 1. The van der Waals surface area contributed by atoms with Gasteiger partial charge in [0.25, 0.3) is 13.1 Å². The van der Waals surface area contributed by atoms with Gasteiger partial charge in [-0.1, -0.05) is 0 Å². The molecular weight excluding hydrogens is 806 g/mol. The van der Waals surface area contributed by atoms with Crippen molar-refractivity contribution >= 4 is 29.1 Å². The van der Waals surface area contributed by atoms with Crippen molar-refractivity contribution in [2.45, 2.75) is 40.7 Å². The number of carbonyl (C=O) groups excluding carboxylic acids is 1. The Balaban J connectivity index is -0.000000702. The molecule has 306 valence electrons. The molecule has 6 heterocycles. The Morgan fingerprint density at radius 2 is 1.40 bits per heavy atom. The molecule has 0 atom stereocenters. The second-order valence-corrected chi connectivity index (χ2v) is 10.8. The largest absolute Gasteiger partial charge is 1.00 e. The summed E-state index contributed by atoms with van der Waals surface area (Å²) in [5.41, 5.74) is 24.1. The number of aromatic amines is 4. The van der Waals surface area contributed by atoms with Crippen LogP contribution >= 0.6 is 0 Å². The van der Waals surface area contributed by atoms with Crippen molar-refractivity contribution in [2.75, 3.05) is 35.8 Å². The Hall–Kier alpha value is -6.63. The number of aliphatic hydroxyl groups is 1. The maximum absolute atomic E-state index is 11.1. The van der Waals surface area contributed by atoms with Gasteiger partial charge in [0.05, 0.1) is 12.1 Å². The summed E-state index contributed by atoms with van der Waals surface area (Å²) in [4.78, 5) is 25.0. The zero-order valence-electron chi connectivity index (χ0n) is 33.5. The third kappa shape index (κ3) is 20.2. The number of anilines is 4. The number of H-pyrrole nitrogens is 4. The molecule has 15 N–H and O–H groups in total. The van der Waals surface area contributed by atoms with Crippen LogP contribution in [0.1, 0.15) is 39.7 Å². The number of nitrogen functional groups attached to an aromatic ring is 4. The predicted molar refractivity (Wildman–Crippen MR) is 208 cm³/mol. The maximum Gasteiger partial charge on any atom is 1.00 e. The van der Waals surface area contributed by atoms with Crippen molar-refractivity contribution in [3.63, 3.8) is 0 Å². The van der Waals surface area contributed by atoms with Crippen LogP contribution in [0.4, 0.5) is 23.3 Å². The van der Waals surface area contributed by atoms with E-state index in [2.05, 4.69) is 66.1 Å². The molecule has 6 rings (SSSR count). The molecule has 0 fully saturated rings. The molecule has 6 aromatic rings. The fourth-order valence-corrected chi connectivity index (χ4v) is 3.93. The minimum Gasteiger partial charge on any atom is -0.870 e. The number of aromatic nitrogens is 12. The van der Waals surface area contributed by atoms with Gasteiger partial charge in [-0.15, -0.1) is 5.34 Å². The van der Waals surface area contributed by atoms with Gasteiger partial charge in [-0.3, -0.25) is 25.2 Å². The normalized spacial score (nSPS) is 8.70. The standard InChI is InChI=1S/C10H9N7.C10H13N5O2.C4H8N4.C4H7N3.C3H2N2.HNO2.2Na.H2O/c1-6-3-9(15-14-6)17-10(12)7(4-11)8(16-17)5-13-2;1-6-2-10(13-12-6)15-9(11)4-7(14-15)3-8(17)5-16;1-3-2-4(6-5)8-7-3;1-3-2-4(5)7-6-3;1-5-3-2-4;2-1-3;;;/h3H,5,12H2,1H3,(H,14,15);2,4,16H,3,5,11H2,1H3,(H,12,13);2H,5H2,1H3,(H2,6,7,8);2H,1H3,(H3,5,6,7);3H2;(H,2,3);;;1H2/q;;;;;;2*+1;/p-2. The molecule has 60 heavy (non-hydrogen) atoms. The van der Waals surface area contributed by atoms with Crippen LogP contribution in [0.5, 0.6) is 0 Å². The molecule has 0 radical (unpaired) electrons. The van der Waals surface area contributed by atoms with Crippen molar-refractivity contribution < 1.29 is 74.5 Å². The molecule has 0 unspecified atom stereocenters. The average molecular weight is 847 g/mol. The van der Waals surface area contributed by atoms with E-state index in [0.29, 0.717) is 40.5 Å². The molecule has 0 aliphatic carbocycles. The maximum atomic E-state index is 11.1. The number of hydrazine groups is 1. The van der Waals surface area contributed by atoms with E-state index in [1.165, 1.54) is 9.36 Å². The third-order valence-corrected chi connectivity index (χ3v) is 6.22. The monoisotopic (exact) mass is 846 g/mol. The van der Waals surface area contributed by atoms with E-state index in [4.69, 9.17) is 61.9 Å². The molecule has 0 amide bonds. The van der Waals surface area contributed by atoms with Crippen LogP contribution in [0.2, 0.25) is 0 Å². The van der Waals surface area contributed by atoms with Crippen LogP contribution in [-0.4, -0.2) is 89.9 Å². The fourth-order valence-electron chi connectivity index (χ4n) is 3.93. The van der Waals surface area contributed by atoms with E-state index in [0.717, 1.165) is 28.1 Å². The number of hydrogen-bond donors (Lipinski definition) is 10. The number of nitrogens with two attached hydrogens (primary N) is 4. The second kappa shape index (κ2) is 31.4. The number of hydrogen-bond acceptors (Lipinski definition) is 19. The average Bonchev–Trinajstić information content (AvgIpc) is 4.05. The molecule has 29 heteroatoms. The van der Waals surface area contributed by atoms with Gasteiger partial charge in [-0.05, 0) is 27.7 Å². The SMILES string of the molecule is Cc1cc(-n2nc(CC(=O)CO)cc2N)n[nH]1.Cc1cc(N)n[nH]1.Cc1cc(NN)n[nH]1.O=N[O-].[C-]#[N+]CC#N.[C-]#[N+]Cc1nn(-c2cc(C)[nH]n2)c(N)c1C#N.[Na+].[Na+].[OH-]. The Morgan fingerprint density at radius 3 is 1.73 bits per heavy atom. The summed E-state index contributed by atoms with van der Waals surface area (Å²) in [6.45, 7) is 19.9. The molecule has 0 saturated heterocycles. The van der Waals surface area contributed by atoms with E-state index >= 15 is 0 Å². The molecule has 6 aromatic heterocycles. The first-order chi connectivity index (χ1) is 27.2. The number of ketones is 1. The third-order valence-electron chi connectivity index (χ3n) is 6.22. The van der Waals surface area contributed by atoms with E-state index in [1.807, 2.05) is 39.8 Å². The zero-order chi connectivity index (χ0) is 42.9. The van der Waals surface area contributed by atoms with Crippen LogP contribution in [0.3, 0.4) is 0 Å². The molecule has 0 aliphatic heterocycles. The van der Waals surface area contributed by atoms with Crippen LogP contribution in [-0.2, 0) is 17.8 Å². The van der Waals surface area contributed by atoms with E-state index in [9.17, 15) is 4.79 Å². The summed E-state index contributed by atoms with van der Waals surface area (Å²) in [6.07, 6.45) is 0.0666. The van der Waals surface area contributed by atoms with Gasteiger partial charge in [0, 0.05) is 53.1 Å². The van der Waals surface area contributed by atoms with Gasteiger partial charge in [-0.2, -0.15) is 50.5 Å². The minimum atomic E-state index is -0.492. The summed E-state index contributed by atoms with van der Waals surface area (Å²) in [5.74, 6) is 7.64. The number of aliphatic hydroxyl groups excluding tert-OH is 1. The number of nitrogens with one attached hydrogen (secondary N) is 5. The summed E-state index contributed by atoms with van der Waals surface area (Å²) in [5, 5.41) is 69.0. The molecule has 0 spiro atoms. The van der Waals surface area contributed by atoms with Gasteiger partial charge in [0.15, 0.2) is 28.9 Å². The molecule has 0 saturated carbocycles. The van der Waals surface area contributed by atoms with Crippen molar-refractivity contribution in [3.05, 3.63) is 103 Å². The van der Waals surface area contributed by atoms with Crippen molar-refractivity contribution in [1.29, 1.82) is 10.5 Å². The van der Waals surface area contributed by atoms with Crippen LogP contribution in [0.25, 0.3) is 21.3 Å². The number of rotatable bonds is 7. The van der Waals surface area contributed by atoms with Gasteiger partial charge in [0.1, 0.15) is 41.8 Å². The Labute approximate surface area is 386 Å². The second-order valence-electron chi connectivity index (χ2n) is 10.8. The van der Waals surface area contributed by atoms with Gasteiger partial charge < -0.3 is 53.0 Å². The minimum absolute atomic E-state index is 0. The van der Waals surface area contributed by atoms with E-state index in [-0.39, 0.29) is 101 Å². The molecule has 0 aromatic carbocycles. The van der Waals surface area contributed by atoms with Gasteiger partial charge in [0.2, 0.25) is 0 Å². The number of carbonyl (C=O) groups is 1. The Bertz CT molecular complexity index is 2300. The quantitative estimate of drug-likeness (QED) is 0.0180. The fraction of sp³-hybridized carbons (Fsp3) is 0.258. The van der Waals surface area contributed by atoms with E-state index < -0.39 is 6.61 Å². The van der Waals surface area contributed by atoms with Crippen molar-refractivity contribution in [3.8, 4) is 23.8 Å². The molecule has 0 aliphatic rings. The number of aryl methyl sites for hydroxylation is 4. The first kappa shape index (κ1) is 57.7. The van der Waals surface area contributed by atoms with Crippen molar-refractivity contribution in [2.24, 2.45) is 11.2 Å². The van der Waals surface area contributed by atoms with Crippen LogP contribution < -0.4 is 87.6 Å². The number of nitriles is 2. The summed E-state index contributed by atoms with van der Waals surface area (Å²) in [6, 6.07) is 12.4. The Kier molecular flexibility index (Phi) is 30.2. The van der Waals surface area contributed by atoms with Crippen LogP contribution in [0, 0.1) is 73.6 Å². The van der Waals surface area contributed by atoms with E-state index in [1.54, 1.807) is 30.3 Å². The first-order valence-corrected chi connectivity index (χ1v) is 15.8. The first-order valence-electron chi connectivity index (χ1n) is 15.8. The number of nitrogens with zero attached hydrogens (tertiary/aromatic N) is 13. The molecular formula is C31H40N22Na2O5. The zero-order valence-corrected chi connectivity index (χ0v) is 37.5. The van der Waals surface area contributed by atoms with Gasteiger partial charge >= 0.3 is 59.1 Å². The summed E-state index contributed by atoms with van der Waals surface area (Å²) >= 11 is 0. The van der Waals surface area contributed by atoms with Crippen LogP contribution in [0.15, 0.2) is 35.7 Å². The summed E-state index contributed by atoms with van der Waals surface area (Å²) < 4.78 is 2.81. The Morgan fingerprint density at radius 1 is 0.883 bits per heavy atom.